The molecule has 1 heterocycles. The van der Waals surface area contributed by atoms with E-state index in [2.05, 4.69) is 37.9 Å². The fourth-order valence-corrected chi connectivity index (χ4v) is 2.47. The number of hydrogen-bond acceptors (Lipinski definition) is 1. The van der Waals surface area contributed by atoms with Crippen LogP contribution in [0.5, 0.6) is 0 Å². The van der Waals surface area contributed by atoms with E-state index in [-0.39, 0.29) is 5.41 Å². The Kier molecular flexibility index (Phi) is 3.17. The minimum absolute atomic E-state index is 0.222. The molecule has 1 aromatic rings. The highest BCUT2D eigenvalue weighted by Gasteiger charge is 2.28. The SMILES string of the molecule is CCCC(C)(CC)c1nc2c([nH]1)CCC=C2. The summed E-state index contributed by atoms with van der Waals surface area (Å²) < 4.78 is 0. The molecule has 0 saturated carbocycles. The van der Waals surface area contributed by atoms with E-state index in [4.69, 9.17) is 4.98 Å². The molecule has 1 aliphatic carbocycles. The average Bonchev–Trinajstić information content (AvgIpc) is 2.73. The van der Waals surface area contributed by atoms with E-state index in [1.54, 1.807) is 0 Å². The number of aromatic amines is 1. The minimum atomic E-state index is 0.222. The van der Waals surface area contributed by atoms with Gasteiger partial charge < -0.3 is 4.98 Å². The van der Waals surface area contributed by atoms with Crippen molar-refractivity contribution in [2.24, 2.45) is 0 Å². The van der Waals surface area contributed by atoms with Gasteiger partial charge in [0, 0.05) is 11.1 Å². The van der Waals surface area contributed by atoms with Crippen molar-refractivity contribution in [3.63, 3.8) is 0 Å². The summed E-state index contributed by atoms with van der Waals surface area (Å²) in [6.45, 7) is 6.83. The number of fused-ring (bicyclic) bond motifs is 1. The number of aryl methyl sites for hydroxylation is 1. The summed E-state index contributed by atoms with van der Waals surface area (Å²) in [6.07, 6.45) is 10.2. The predicted octanol–water partition coefficient (Wildman–Crippen LogP) is 3.84. The molecule has 0 radical (unpaired) electrons. The fourth-order valence-electron chi connectivity index (χ4n) is 2.47. The average molecular weight is 218 g/mol. The van der Waals surface area contributed by atoms with Gasteiger partial charge in [-0.2, -0.15) is 0 Å². The molecule has 0 saturated heterocycles. The summed E-state index contributed by atoms with van der Waals surface area (Å²) in [4.78, 5) is 8.32. The van der Waals surface area contributed by atoms with Crippen LogP contribution in [0.3, 0.4) is 0 Å². The van der Waals surface area contributed by atoms with Crippen molar-refractivity contribution >= 4 is 6.08 Å². The van der Waals surface area contributed by atoms with Crippen LogP contribution in [0.4, 0.5) is 0 Å². The van der Waals surface area contributed by atoms with Gasteiger partial charge in [-0.05, 0) is 31.8 Å². The minimum Gasteiger partial charge on any atom is -0.345 e. The van der Waals surface area contributed by atoms with Gasteiger partial charge in [-0.15, -0.1) is 0 Å². The second-order valence-corrected chi connectivity index (χ2v) is 5.05. The van der Waals surface area contributed by atoms with Crippen molar-refractivity contribution < 1.29 is 0 Å². The van der Waals surface area contributed by atoms with E-state index in [9.17, 15) is 0 Å². The third-order valence-electron chi connectivity index (χ3n) is 3.80. The Morgan fingerprint density at radius 3 is 2.88 bits per heavy atom. The van der Waals surface area contributed by atoms with Crippen molar-refractivity contribution in [1.82, 2.24) is 9.97 Å². The van der Waals surface area contributed by atoms with Crippen LogP contribution in [0.2, 0.25) is 0 Å². The van der Waals surface area contributed by atoms with Crippen LogP contribution < -0.4 is 0 Å². The predicted molar refractivity (Wildman–Crippen MR) is 68.5 cm³/mol. The smallest absolute Gasteiger partial charge is 0.112 e. The van der Waals surface area contributed by atoms with Gasteiger partial charge in [0.15, 0.2) is 0 Å². The zero-order valence-electron chi connectivity index (χ0n) is 10.6. The Morgan fingerprint density at radius 1 is 1.44 bits per heavy atom. The van der Waals surface area contributed by atoms with E-state index >= 15 is 0 Å². The van der Waals surface area contributed by atoms with Crippen LogP contribution in [0.15, 0.2) is 6.08 Å². The van der Waals surface area contributed by atoms with Crippen LogP contribution in [-0.2, 0) is 11.8 Å². The van der Waals surface area contributed by atoms with Crippen LogP contribution in [-0.4, -0.2) is 9.97 Å². The summed E-state index contributed by atoms with van der Waals surface area (Å²) in [5, 5.41) is 0. The van der Waals surface area contributed by atoms with Gasteiger partial charge >= 0.3 is 0 Å². The second-order valence-electron chi connectivity index (χ2n) is 5.05. The molecule has 1 N–H and O–H groups in total. The van der Waals surface area contributed by atoms with Gasteiger partial charge in [-0.3, -0.25) is 0 Å². The maximum Gasteiger partial charge on any atom is 0.112 e. The lowest BCUT2D eigenvalue weighted by atomic mass is 9.82. The fraction of sp³-hybridized carbons (Fsp3) is 0.643. The Labute approximate surface area is 98.2 Å². The molecular formula is C14H22N2. The second kappa shape index (κ2) is 4.44. The first-order valence-corrected chi connectivity index (χ1v) is 6.45. The molecule has 88 valence electrons. The molecule has 0 amide bonds. The third-order valence-corrected chi connectivity index (χ3v) is 3.80. The molecule has 1 aliphatic rings. The summed E-state index contributed by atoms with van der Waals surface area (Å²) in [7, 11) is 0. The molecular weight excluding hydrogens is 196 g/mol. The molecule has 1 unspecified atom stereocenters. The molecule has 0 bridgehead atoms. The highest BCUT2D eigenvalue weighted by Crippen LogP contribution is 2.32. The largest absolute Gasteiger partial charge is 0.345 e. The lowest BCUT2D eigenvalue weighted by Gasteiger charge is -2.25. The Balaban J connectivity index is 2.32. The number of aromatic nitrogens is 2. The maximum absolute atomic E-state index is 4.77. The summed E-state index contributed by atoms with van der Waals surface area (Å²) in [5.41, 5.74) is 2.71. The van der Waals surface area contributed by atoms with Gasteiger partial charge in [-0.1, -0.05) is 33.3 Å². The molecule has 0 fully saturated rings. The van der Waals surface area contributed by atoms with Crippen molar-refractivity contribution in [2.45, 2.75) is 58.3 Å². The van der Waals surface area contributed by atoms with Crippen LogP contribution in [0.25, 0.3) is 6.08 Å². The number of rotatable bonds is 4. The van der Waals surface area contributed by atoms with Crippen molar-refractivity contribution in [2.75, 3.05) is 0 Å². The molecule has 0 aromatic carbocycles. The van der Waals surface area contributed by atoms with Gasteiger partial charge in [0.2, 0.25) is 0 Å². The van der Waals surface area contributed by atoms with Crippen molar-refractivity contribution in [3.8, 4) is 0 Å². The topological polar surface area (TPSA) is 28.7 Å². The first-order chi connectivity index (χ1) is 7.69. The third kappa shape index (κ3) is 1.93. The van der Waals surface area contributed by atoms with E-state index in [0.717, 1.165) is 25.0 Å². The van der Waals surface area contributed by atoms with Gasteiger partial charge in [-0.25, -0.2) is 4.98 Å². The molecule has 0 aliphatic heterocycles. The molecule has 16 heavy (non-hydrogen) atoms. The standard InChI is InChI=1S/C14H22N2/c1-4-10-14(3,5-2)13-15-11-8-6-7-9-12(11)16-13/h6,8H,4-5,7,9-10H2,1-3H3,(H,15,16). The molecule has 2 nitrogen and oxygen atoms in total. The van der Waals surface area contributed by atoms with E-state index in [1.807, 2.05) is 0 Å². The normalized spacial score (nSPS) is 18.2. The number of hydrogen-bond donors (Lipinski definition) is 1. The molecule has 2 rings (SSSR count). The van der Waals surface area contributed by atoms with E-state index < -0.39 is 0 Å². The van der Waals surface area contributed by atoms with Crippen LogP contribution in [0, 0.1) is 0 Å². The number of nitrogens with one attached hydrogen (secondary N) is 1. The van der Waals surface area contributed by atoms with Crippen LogP contribution in [0.1, 0.15) is 63.7 Å². The monoisotopic (exact) mass is 218 g/mol. The van der Waals surface area contributed by atoms with Gasteiger partial charge in [0.25, 0.3) is 0 Å². The molecule has 2 heteroatoms. The number of nitrogens with zero attached hydrogens (tertiary/aromatic N) is 1. The Hall–Kier alpha value is -1.05. The Morgan fingerprint density at radius 2 is 2.25 bits per heavy atom. The first-order valence-electron chi connectivity index (χ1n) is 6.45. The highest BCUT2D eigenvalue weighted by molar-refractivity contribution is 5.50. The van der Waals surface area contributed by atoms with Gasteiger partial charge in [0.05, 0.1) is 5.69 Å². The summed E-state index contributed by atoms with van der Waals surface area (Å²) >= 11 is 0. The zero-order valence-corrected chi connectivity index (χ0v) is 10.6. The highest BCUT2D eigenvalue weighted by atomic mass is 15.0. The lowest BCUT2D eigenvalue weighted by molar-refractivity contribution is 0.392. The van der Waals surface area contributed by atoms with E-state index in [1.165, 1.54) is 24.4 Å². The first kappa shape index (κ1) is 11.4. The zero-order chi connectivity index (χ0) is 11.6. The quantitative estimate of drug-likeness (QED) is 0.817. The Bertz CT molecular complexity index is 389. The summed E-state index contributed by atoms with van der Waals surface area (Å²) in [5.74, 6) is 1.19. The maximum atomic E-state index is 4.77. The number of allylic oxidation sites excluding steroid dienone is 1. The van der Waals surface area contributed by atoms with E-state index in [0.29, 0.717) is 0 Å². The number of imidazole rings is 1. The summed E-state index contributed by atoms with van der Waals surface area (Å²) in [6, 6.07) is 0. The number of H-pyrrole nitrogens is 1. The van der Waals surface area contributed by atoms with Gasteiger partial charge in [0.1, 0.15) is 5.82 Å². The van der Waals surface area contributed by atoms with Crippen molar-refractivity contribution in [1.29, 1.82) is 0 Å². The molecule has 1 aromatic heterocycles. The molecule has 1 atom stereocenters. The van der Waals surface area contributed by atoms with Crippen LogP contribution >= 0.6 is 0 Å². The van der Waals surface area contributed by atoms with Crippen molar-refractivity contribution in [3.05, 3.63) is 23.3 Å². The lowest BCUT2D eigenvalue weighted by Crippen LogP contribution is -2.22. The molecule has 0 spiro atoms.